The minimum Gasteiger partial charge on any atom is -0.330 e. The molecule has 58 heavy (non-hydrogen) atoms. The zero-order chi connectivity index (χ0) is 42.6. The Morgan fingerprint density at radius 1 is 0.259 bits per heavy atom. The summed E-state index contributed by atoms with van der Waals surface area (Å²) in [6.45, 7) is 11.3. The molecule has 0 saturated carbocycles. The van der Waals surface area contributed by atoms with Crippen LogP contribution in [0, 0.1) is 0 Å². The number of phosphoric ester groups is 1. The molecule has 0 atom stereocenters. The van der Waals surface area contributed by atoms with Gasteiger partial charge in [-0.1, -0.05) is 285 Å². The molecule has 0 bridgehead atoms. The molecule has 6 heteroatoms. The first-order chi connectivity index (χ1) is 28.6. The summed E-state index contributed by atoms with van der Waals surface area (Å²) in [5, 5.41) is 0. The van der Waals surface area contributed by atoms with Gasteiger partial charge in [-0.05, 0) is 32.2 Å². The van der Waals surface area contributed by atoms with Crippen LogP contribution in [0.1, 0.15) is 310 Å². The lowest BCUT2D eigenvalue weighted by Crippen LogP contribution is -2.04. The largest absolute Gasteiger partial charge is 0.474 e. The molecule has 0 radical (unpaired) electrons. The second kappa shape index (κ2) is 55.1. The maximum absolute atomic E-state index is 13.2. The highest BCUT2D eigenvalue weighted by Crippen LogP contribution is 2.50. The second-order valence-corrected chi connectivity index (χ2v) is 19.5. The molecule has 0 aliphatic carbocycles. The number of nitrogens with two attached hydrogens (primary N) is 1. The van der Waals surface area contributed by atoms with Crippen LogP contribution in [-0.2, 0) is 18.1 Å². The Hall–Kier alpha value is 0.0700. The molecule has 0 heterocycles. The normalized spacial score (nSPS) is 11.7. The Bertz CT molecular complexity index is 715. The van der Waals surface area contributed by atoms with Crippen LogP contribution in [0.2, 0.25) is 0 Å². The van der Waals surface area contributed by atoms with Gasteiger partial charge in [-0.2, -0.15) is 0 Å². The van der Waals surface area contributed by atoms with Crippen molar-refractivity contribution in [2.24, 2.45) is 5.73 Å². The fourth-order valence-electron chi connectivity index (χ4n) is 7.75. The molecule has 0 aliphatic heterocycles. The van der Waals surface area contributed by atoms with Crippen LogP contribution < -0.4 is 5.73 Å². The van der Waals surface area contributed by atoms with Gasteiger partial charge in [-0.3, -0.25) is 13.6 Å². The van der Waals surface area contributed by atoms with Gasteiger partial charge in [0.15, 0.2) is 0 Å². The van der Waals surface area contributed by atoms with Gasteiger partial charge in [0.2, 0.25) is 0 Å². The van der Waals surface area contributed by atoms with Crippen molar-refractivity contribution in [1.82, 2.24) is 0 Å². The number of hydrogen-bond donors (Lipinski definition) is 1. The highest BCUT2D eigenvalue weighted by atomic mass is 31.2. The van der Waals surface area contributed by atoms with Crippen molar-refractivity contribution in [3.8, 4) is 0 Å². The number of hydrogen-bond acceptors (Lipinski definition) is 5. The minimum absolute atomic E-state index is 0.471. The van der Waals surface area contributed by atoms with Gasteiger partial charge in [-0.15, -0.1) is 0 Å². The maximum atomic E-state index is 13.2. The summed E-state index contributed by atoms with van der Waals surface area (Å²) < 4.78 is 30.4. The second-order valence-electron chi connectivity index (χ2n) is 17.9. The van der Waals surface area contributed by atoms with Gasteiger partial charge in [0.05, 0.1) is 19.8 Å². The van der Waals surface area contributed by atoms with Crippen molar-refractivity contribution in [1.29, 1.82) is 0 Å². The molecule has 0 aromatic heterocycles. The first kappa shape index (κ1) is 60.2. The van der Waals surface area contributed by atoms with Crippen molar-refractivity contribution in [3.63, 3.8) is 0 Å². The maximum Gasteiger partial charge on any atom is 0.474 e. The number of unbranched alkanes of at least 4 members (excludes halogenated alkanes) is 40. The van der Waals surface area contributed by atoms with Crippen LogP contribution in [0.4, 0.5) is 0 Å². The van der Waals surface area contributed by atoms with E-state index >= 15 is 0 Å². The molecule has 0 amide bonds. The number of phosphoric acid groups is 1. The lowest BCUT2D eigenvalue weighted by molar-refractivity contribution is 0.108. The van der Waals surface area contributed by atoms with Crippen LogP contribution in [0.3, 0.4) is 0 Å². The topological polar surface area (TPSA) is 70.8 Å². The Kier molecular flexibility index (Phi) is 57.1. The molecule has 0 fully saturated rings. The van der Waals surface area contributed by atoms with E-state index in [1.54, 1.807) is 0 Å². The van der Waals surface area contributed by atoms with E-state index in [9.17, 15) is 4.57 Å². The highest BCUT2D eigenvalue weighted by Gasteiger charge is 2.26. The van der Waals surface area contributed by atoms with Gasteiger partial charge in [-0.25, -0.2) is 4.57 Å². The fourth-order valence-corrected chi connectivity index (χ4v) is 9.03. The first-order valence-electron chi connectivity index (χ1n) is 26.8. The zero-order valence-corrected chi connectivity index (χ0v) is 41.5. The molecule has 0 aromatic rings. The van der Waals surface area contributed by atoms with Crippen molar-refractivity contribution in [2.75, 3.05) is 26.4 Å². The smallest absolute Gasteiger partial charge is 0.330 e. The summed E-state index contributed by atoms with van der Waals surface area (Å²) >= 11 is 0. The summed E-state index contributed by atoms with van der Waals surface area (Å²) in [5.74, 6) is 0. The standard InChI is InChI=1S/C34H71O4P.C18H39N/c1-4-7-10-13-16-17-18-19-20-21-22-23-24-25-28-31-34-38-39(35,36-32-29-26-14-11-8-5-2)37-33-30-27-15-12-9-6-3;1-2-3-4-5-6-7-8-9-10-11-12-13-14-15-16-17-18-19/h4-34H2,1-3H3;2-19H2,1H3. The van der Waals surface area contributed by atoms with Crippen molar-refractivity contribution in [2.45, 2.75) is 310 Å². The Morgan fingerprint density at radius 2 is 0.414 bits per heavy atom. The molecular formula is C52H110NO4P. The molecule has 0 unspecified atom stereocenters. The molecule has 2 N–H and O–H groups in total. The Balaban J connectivity index is 0. The Labute approximate surface area is 367 Å². The zero-order valence-electron chi connectivity index (χ0n) is 40.6. The third-order valence-electron chi connectivity index (χ3n) is 11.8. The first-order valence-corrected chi connectivity index (χ1v) is 28.3. The average Bonchev–Trinajstić information content (AvgIpc) is 3.23. The van der Waals surface area contributed by atoms with Gasteiger partial charge in [0.25, 0.3) is 0 Å². The van der Waals surface area contributed by atoms with Crippen LogP contribution in [-0.4, -0.2) is 26.4 Å². The van der Waals surface area contributed by atoms with E-state index in [0.29, 0.717) is 19.8 Å². The average molecular weight is 844 g/mol. The van der Waals surface area contributed by atoms with Crippen molar-refractivity contribution < 1.29 is 18.1 Å². The molecule has 0 aromatic carbocycles. The molecule has 0 rings (SSSR count). The van der Waals surface area contributed by atoms with E-state index in [4.69, 9.17) is 19.3 Å². The van der Waals surface area contributed by atoms with Crippen LogP contribution in [0.25, 0.3) is 0 Å². The molecule has 5 nitrogen and oxygen atoms in total. The predicted octanol–water partition coefficient (Wildman–Crippen LogP) is 19.3. The van der Waals surface area contributed by atoms with Crippen molar-refractivity contribution in [3.05, 3.63) is 0 Å². The van der Waals surface area contributed by atoms with Crippen LogP contribution >= 0.6 is 7.82 Å². The summed E-state index contributed by atoms with van der Waals surface area (Å²) in [4.78, 5) is 0. The molecule has 0 aliphatic rings. The van der Waals surface area contributed by atoms with Gasteiger partial charge < -0.3 is 5.73 Å². The summed E-state index contributed by atoms with van der Waals surface area (Å²) in [7, 11) is -3.43. The lowest BCUT2D eigenvalue weighted by Gasteiger charge is -2.18. The van der Waals surface area contributed by atoms with E-state index in [1.807, 2.05) is 0 Å². The van der Waals surface area contributed by atoms with Gasteiger partial charge in [0, 0.05) is 0 Å². The molecule has 352 valence electrons. The Morgan fingerprint density at radius 3 is 0.586 bits per heavy atom. The third-order valence-corrected chi connectivity index (χ3v) is 13.3. The van der Waals surface area contributed by atoms with E-state index in [1.165, 1.54) is 244 Å². The summed E-state index contributed by atoms with van der Waals surface area (Å²) in [5.41, 5.74) is 5.48. The molecular weight excluding hydrogens is 734 g/mol. The minimum atomic E-state index is -3.43. The molecule has 0 saturated heterocycles. The van der Waals surface area contributed by atoms with E-state index < -0.39 is 7.82 Å². The SMILES string of the molecule is CCCCCCCCCCCCCCCCCCN.CCCCCCCCCCCCCCCCCCOP(=O)(OCCCCCCCC)OCCCCCCCC. The van der Waals surface area contributed by atoms with Gasteiger partial charge in [0.1, 0.15) is 0 Å². The summed E-state index contributed by atoms with van der Waals surface area (Å²) in [6.07, 6.45) is 58.5. The number of rotatable bonds is 50. The van der Waals surface area contributed by atoms with E-state index in [-0.39, 0.29) is 0 Å². The quantitative estimate of drug-likeness (QED) is 0.0488. The van der Waals surface area contributed by atoms with Gasteiger partial charge >= 0.3 is 7.82 Å². The fraction of sp³-hybridized carbons (Fsp3) is 1.00. The summed E-state index contributed by atoms with van der Waals surface area (Å²) in [6, 6.07) is 0. The predicted molar refractivity (Wildman–Crippen MR) is 260 cm³/mol. The monoisotopic (exact) mass is 844 g/mol. The van der Waals surface area contributed by atoms with Crippen molar-refractivity contribution >= 4 is 7.82 Å². The molecule has 0 spiro atoms. The van der Waals surface area contributed by atoms with Crippen LogP contribution in [0.15, 0.2) is 0 Å². The highest BCUT2D eigenvalue weighted by molar-refractivity contribution is 7.48. The third kappa shape index (κ3) is 54.1. The van der Waals surface area contributed by atoms with E-state index in [0.717, 1.165) is 45.1 Å². The van der Waals surface area contributed by atoms with Crippen LogP contribution in [0.5, 0.6) is 0 Å². The lowest BCUT2D eigenvalue weighted by atomic mass is 10.0. The van der Waals surface area contributed by atoms with E-state index in [2.05, 4.69) is 27.7 Å².